The predicted molar refractivity (Wildman–Crippen MR) is 121 cm³/mol. The molecule has 1 atom stereocenters. The number of fused-ring (bicyclic) bond motifs is 1. The van der Waals surface area contributed by atoms with E-state index in [4.69, 9.17) is 0 Å². The number of β-lactam (4-membered cyclic amide) rings is 1. The van der Waals surface area contributed by atoms with Crippen molar-refractivity contribution in [2.45, 2.75) is 18.9 Å². The number of amides is 1. The molecule has 6 rings (SSSR count). The zero-order chi connectivity index (χ0) is 23.4. The molecule has 2 aliphatic rings. The number of para-hydroxylation sites is 1. The topological polar surface area (TPSA) is 65.1 Å². The Kier molecular flexibility index (Phi) is 4.62. The van der Waals surface area contributed by atoms with E-state index in [2.05, 4.69) is 15.0 Å². The number of aromatic amines is 1. The standard InChI is InChI=1S/C25H20F3N5O/c26-16-8-7-15(14-18(16)28)33-22(20-5-1-2-11-29-20)25(23(33)34)9-12-32(13-10-25)24-30-19-6-3-4-17(27)21(19)31-24/h1-8,11,14,22H,9-10,12-13H2,(H,30,31). The predicted octanol–water partition coefficient (Wildman–Crippen LogP) is 4.75. The summed E-state index contributed by atoms with van der Waals surface area (Å²) in [5.41, 5.74) is 1.19. The number of halogens is 3. The van der Waals surface area contributed by atoms with E-state index in [1.165, 1.54) is 17.0 Å². The summed E-state index contributed by atoms with van der Waals surface area (Å²) in [4.78, 5) is 29.1. The lowest BCUT2D eigenvalue weighted by molar-refractivity contribution is -0.142. The molecule has 0 bridgehead atoms. The zero-order valence-electron chi connectivity index (χ0n) is 18.0. The molecule has 2 aromatic carbocycles. The van der Waals surface area contributed by atoms with Gasteiger partial charge in [-0.1, -0.05) is 12.1 Å². The molecule has 34 heavy (non-hydrogen) atoms. The molecule has 1 N–H and O–H groups in total. The number of nitrogens with zero attached hydrogens (tertiary/aromatic N) is 4. The minimum atomic E-state index is -1.00. The Morgan fingerprint density at radius 3 is 2.47 bits per heavy atom. The van der Waals surface area contributed by atoms with E-state index in [1.54, 1.807) is 24.4 Å². The van der Waals surface area contributed by atoms with Crippen LogP contribution in [0.5, 0.6) is 0 Å². The van der Waals surface area contributed by atoms with Gasteiger partial charge in [-0.2, -0.15) is 0 Å². The smallest absolute Gasteiger partial charge is 0.236 e. The minimum absolute atomic E-state index is 0.135. The first-order chi connectivity index (χ1) is 16.5. The highest BCUT2D eigenvalue weighted by atomic mass is 19.2. The summed E-state index contributed by atoms with van der Waals surface area (Å²) in [7, 11) is 0. The van der Waals surface area contributed by atoms with Crippen LogP contribution in [0.3, 0.4) is 0 Å². The number of piperidine rings is 1. The summed E-state index contributed by atoms with van der Waals surface area (Å²) >= 11 is 0. The minimum Gasteiger partial charge on any atom is -0.342 e. The zero-order valence-corrected chi connectivity index (χ0v) is 18.0. The monoisotopic (exact) mass is 463 g/mol. The number of nitrogens with one attached hydrogen (secondary N) is 1. The molecule has 2 aromatic heterocycles. The van der Waals surface area contributed by atoms with E-state index in [0.717, 1.165) is 12.1 Å². The first-order valence-electron chi connectivity index (χ1n) is 11.1. The van der Waals surface area contributed by atoms with Crippen molar-refractivity contribution in [3.05, 3.63) is 83.9 Å². The molecule has 9 heteroatoms. The number of aromatic nitrogens is 3. The first-order valence-corrected chi connectivity index (χ1v) is 11.1. The van der Waals surface area contributed by atoms with E-state index in [-0.39, 0.29) is 17.2 Å². The van der Waals surface area contributed by atoms with Crippen molar-refractivity contribution in [1.29, 1.82) is 0 Å². The molecule has 6 nitrogen and oxygen atoms in total. The number of rotatable bonds is 3. The van der Waals surface area contributed by atoms with Crippen LogP contribution in [0.25, 0.3) is 11.0 Å². The maximum absolute atomic E-state index is 14.1. The second-order valence-corrected chi connectivity index (χ2v) is 8.77. The third kappa shape index (κ3) is 2.99. The molecule has 0 radical (unpaired) electrons. The number of carbonyl (C=O) groups excluding carboxylic acids is 1. The molecule has 1 amide bonds. The Labute approximate surface area is 193 Å². The fraction of sp³-hybridized carbons (Fsp3) is 0.240. The average molecular weight is 463 g/mol. The van der Waals surface area contributed by atoms with Gasteiger partial charge in [0.15, 0.2) is 17.5 Å². The Bertz CT molecular complexity index is 1400. The molecule has 0 aliphatic carbocycles. The molecule has 2 fully saturated rings. The van der Waals surface area contributed by atoms with Gasteiger partial charge in [0.05, 0.1) is 22.7 Å². The second kappa shape index (κ2) is 7.58. The van der Waals surface area contributed by atoms with Crippen molar-refractivity contribution < 1.29 is 18.0 Å². The van der Waals surface area contributed by atoms with E-state index in [0.29, 0.717) is 48.8 Å². The lowest BCUT2D eigenvalue weighted by Gasteiger charge is -2.58. The summed E-state index contributed by atoms with van der Waals surface area (Å²) in [6.45, 7) is 1.06. The van der Waals surface area contributed by atoms with Crippen molar-refractivity contribution in [3.63, 3.8) is 0 Å². The van der Waals surface area contributed by atoms with Gasteiger partial charge in [-0.3, -0.25) is 9.78 Å². The van der Waals surface area contributed by atoms with Crippen LogP contribution < -0.4 is 9.80 Å². The number of hydrogen-bond donors (Lipinski definition) is 1. The molecule has 1 unspecified atom stereocenters. The van der Waals surface area contributed by atoms with Gasteiger partial charge in [-0.25, -0.2) is 18.2 Å². The van der Waals surface area contributed by atoms with E-state index in [1.807, 2.05) is 17.0 Å². The van der Waals surface area contributed by atoms with Gasteiger partial charge in [0.2, 0.25) is 11.9 Å². The highest BCUT2D eigenvalue weighted by Crippen LogP contribution is 2.57. The number of benzene rings is 2. The third-order valence-corrected chi connectivity index (χ3v) is 6.98. The van der Waals surface area contributed by atoms with Crippen LogP contribution >= 0.6 is 0 Å². The number of pyridine rings is 1. The Morgan fingerprint density at radius 1 is 0.941 bits per heavy atom. The fourth-order valence-electron chi connectivity index (χ4n) is 5.25. The molecule has 4 heterocycles. The van der Waals surface area contributed by atoms with Gasteiger partial charge in [0, 0.05) is 31.0 Å². The summed E-state index contributed by atoms with van der Waals surface area (Å²) in [6, 6.07) is 13.3. The summed E-state index contributed by atoms with van der Waals surface area (Å²) in [5.74, 6) is -1.92. The van der Waals surface area contributed by atoms with Gasteiger partial charge in [0.1, 0.15) is 5.52 Å². The van der Waals surface area contributed by atoms with Gasteiger partial charge in [-0.05, 0) is 49.2 Å². The van der Waals surface area contributed by atoms with E-state index in [9.17, 15) is 18.0 Å². The lowest BCUT2D eigenvalue weighted by atomic mass is 9.63. The summed E-state index contributed by atoms with van der Waals surface area (Å²) < 4.78 is 41.6. The van der Waals surface area contributed by atoms with E-state index < -0.39 is 23.1 Å². The van der Waals surface area contributed by atoms with Crippen LogP contribution in [0, 0.1) is 22.9 Å². The van der Waals surface area contributed by atoms with Crippen molar-refractivity contribution >= 4 is 28.6 Å². The highest BCUT2D eigenvalue weighted by molar-refractivity contribution is 6.06. The van der Waals surface area contributed by atoms with Crippen LogP contribution in [-0.2, 0) is 4.79 Å². The quantitative estimate of drug-likeness (QED) is 0.446. The number of hydrogen-bond acceptors (Lipinski definition) is 4. The van der Waals surface area contributed by atoms with Gasteiger partial charge in [-0.15, -0.1) is 0 Å². The Morgan fingerprint density at radius 2 is 1.76 bits per heavy atom. The molecule has 4 aromatic rings. The SMILES string of the molecule is O=C1N(c2ccc(F)c(F)c2)C(c2ccccn2)C12CCN(c1nc3c(F)cccc3[nH]1)CC2. The molecule has 2 aliphatic heterocycles. The Balaban J connectivity index is 1.31. The highest BCUT2D eigenvalue weighted by Gasteiger charge is 2.62. The number of H-pyrrole nitrogens is 1. The van der Waals surface area contributed by atoms with Crippen molar-refractivity contribution in [2.75, 3.05) is 22.9 Å². The molecular weight excluding hydrogens is 443 g/mol. The molecular formula is C25H20F3N5O. The molecule has 2 saturated heterocycles. The fourth-order valence-corrected chi connectivity index (χ4v) is 5.25. The second-order valence-electron chi connectivity index (χ2n) is 8.77. The summed E-state index contributed by atoms with van der Waals surface area (Å²) in [5, 5.41) is 0. The van der Waals surface area contributed by atoms with Crippen LogP contribution in [0.1, 0.15) is 24.6 Å². The number of carbonyl (C=O) groups is 1. The van der Waals surface area contributed by atoms with Crippen LogP contribution in [-0.4, -0.2) is 33.9 Å². The maximum Gasteiger partial charge on any atom is 0.236 e. The summed E-state index contributed by atoms with van der Waals surface area (Å²) in [6.07, 6.45) is 2.70. The number of anilines is 2. The van der Waals surface area contributed by atoms with Crippen LogP contribution in [0.15, 0.2) is 60.8 Å². The van der Waals surface area contributed by atoms with Crippen molar-refractivity contribution in [3.8, 4) is 0 Å². The first kappa shape index (κ1) is 20.7. The van der Waals surface area contributed by atoms with E-state index >= 15 is 0 Å². The molecule has 172 valence electrons. The normalized spacial score (nSPS) is 19.6. The van der Waals surface area contributed by atoms with Crippen molar-refractivity contribution in [2.24, 2.45) is 5.41 Å². The largest absolute Gasteiger partial charge is 0.342 e. The molecule has 1 spiro atoms. The van der Waals surface area contributed by atoms with Crippen LogP contribution in [0.2, 0.25) is 0 Å². The van der Waals surface area contributed by atoms with Gasteiger partial charge < -0.3 is 14.8 Å². The molecule has 0 saturated carbocycles. The van der Waals surface area contributed by atoms with Crippen LogP contribution in [0.4, 0.5) is 24.8 Å². The van der Waals surface area contributed by atoms with Crippen molar-refractivity contribution in [1.82, 2.24) is 15.0 Å². The van der Waals surface area contributed by atoms with Gasteiger partial charge >= 0.3 is 0 Å². The number of imidazole rings is 1. The maximum atomic E-state index is 14.1. The Hall–Kier alpha value is -3.88. The average Bonchev–Trinajstić information content (AvgIpc) is 3.30. The lowest BCUT2D eigenvalue weighted by Crippen LogP contribution is -2.67. The third-order valence-electron chi connectivity index (χ3n) is 6.98. The van der Waals surface area contributed by atoms with Gasteiger partial charge in [0.25, 0.3) is 0 Å².